The standard InChI is InChI=1S/C16H21N3O3S/c1-9-10(2)23-16-14(9)15(22)17-12(18-16)5-6-13(21)19-7-3-4-11(20)8-19/h11,20H,3-8H2,1-2H3,(H,17,18,22). The number of likely N-dealkylation sites (tertiary alicyclic amines) is 1. The molecule has 1 atom stereocenters. The van der Waals surface area contributed by atoms with E-state index in [1.807, 2.05) is 13.8 Å². The molecule has 23 heavy (non-hydrogen) atoms. The van der Waals surface area contributed by atoms with Gasteiger partial charge in [-0.2, -0.15) is 0 Å². The molecule has 6 nitrogen and oxygen atoms in total. The number of hydrogen-bond donors (Lipinski definition) is 2. The number of β-amino-alcohol motifs (C(OH)–C–C–N with tert-alkyl or cyclic N) is 1. The zero-order valence-corrected chi connectivity index (χ0v) is 14.2. The minimum absolute atomic E-state index is 0.00466. The van der Waals surface area contributed by atoms with E-state index < -0.39 is 6.10 Å². The van der Waals surface area contributed by atoms with Crippen molar-refractivity contribution in [1.29, 1.82) is 0 Å². The Morgan fingerprint density at radius 3 is 3.00 bits per heavy atom. The van der Waals surface area contributed by atoms with Gasteiger partial charge in [0.2, 0.25) is 5.91 Å². The topological polar surface area (TPSA) is 86.3 Å². The number of amides is 1. The van der Waals surface area contributed by atoms with Crippen LogP contribution in [0.4, 0.5) is 0 Å². The number of aromatic nitrogens is 2. The van der Waals surface area contributed by atoms with E-state index in [9.17, 15) is 14.7 Å². The van der Waals surface area contributed by atoms with Crippen molar-refractivity contribution in [1.82, 2.24) is 14.9 Å². The molecule has 0 aliphatic carbocycles. The fraction of sp³-hybridized carbons (Fsp3) is 0.562. The number of rotatable bonds is 3. The van der Waals surface area contributed by atoms with Crippen LogP contribution in [0.5, 0.6) is 0 Å². The second-order valence-corrected chi connectivity index (χ2v) is 7.32. The third-order valence-electron chi connectivity index (χ3n) is 4.41. The highest BCUT2D eigenvalue weighted by atomic mass is 32.1. The lowest BCUT2D eigenvalue weighted by Crippen LogP contribution is -2.42. The van der Waals surface area contributed by atoms with Gasteiger partial charge in [-0.15, -0.1) is 11.3 Å². The molecule has 0 radical (unpaired) electrons. The maximum atomic E-state index is 12.2. The normalized spacial score (nSPS) is 18.6. The first-order valence-corrected chi connectivity index (χ1v) is 8.72. The van der Waals surface area contributed by atoms with Gasteiger partial charge in [0.15, 0.2) is 0 Å². The molecule has 2 aromatic heterocycles. The first-order chi connectivity index (χ1) is 11.0. The number of nitrogens with zero attached hydrogens (tertiary/aromatic N) is 2. The zero-order chi connectivity index (χ0) is 16.6. The van der Waals surface area contributed by atoms with Gasteiger partial charge in [0.25, 0.3) is 5.56 Å². The third-order valence-corrected chi connectivity index (χ3v) is 5.51. The summed E-state index contributed by atoms with van der Waals surface area (Å²) in [5.74, 6) is 0.555. The summed E-state index contributed by atoms with van der Waals surface area (Å²) < 4.78 is 0. The molecule has 1 aliphatic heterocycles. The predicted molar refractivity (Wildman–Crippen MR) is 89.9 cm³/mol. The Balaban J connectivity index is 1.72. The van der Waals surface area contributed by atoms with Gasteiger partial charge < -0.3 is 15.0 Å². The van der Waals surface area contributed by atoms with Crippen molar-refractivity contribution in [3.05, 3.63) is 26.6 Å². The van der Waals surface area contributed by atoms with Crippen molar-refractivity contribution in [3.8, 4) is 0 Å². The van der Waals surface area contributed by atoms with Gasteiger partial charge in [0.05, 0.1) is 11.5 Å². The van der Waals surface area contributed by atoms with Gasteiger partial charge in [0, 0.05) is 30.8 Å². The number of carbonyl (C=O) groups is 1. The molecule has 2 N–H and O–H groups in total. The molecule has 1 saturated heterocycles. The number of aliphatic hydroxyl groups is 1. The van der Waals surface area contributed by atoms with E-state index >= 15 is 0 Å². The van der Waals surface area contributed by atoms with Crippen molar-refractivity contribution in [2.75, 3.05) is 13.1 Å². The molecule has 3 heterocycles. The van der Waals surface area contributed by atoms with E-state index in [2.05, 4.69) is 9.97 Å². The molecular formula is C16H21N3O3S. The fourth-order valence-electron chi connectivity index (χ4n) is 2.98. The highest BCUT2D eigenvalue weighted by molar-refractivity contribution is 7.18. The quantitative estimate of drug-likeness (QED) is 0.890. The van der Waals surface area contributed by atoms with Gasteiger partial charge in [-0.05, 0) is 32.3 Å². The van der Waals surface area contributed by atoms with Gasteiger partial charge >= 0.3 is 0 Å². The lowest BCUT2D eigenvalue weighted by atomic mass is 10.1. The summed E-state index contributed by atoms with van der Waals surface area (Å²) in [6.45, 7) is 5.01. The Kier molecular flexibility index (Phi) is 4.50. The van der Waals surface area contributed by atoms with E-state index in [1.165, 1.54) is 11.3 Å². The van der Waals surface area contributed by atoms with Crippen LogP contribution in [0.2, 0.25) is 0 Å². The highest BCUT2D eigenvalue weighted by Crippen LogP contribution is 2.25. The molecule has 0 spiro atoms. The fourth-order valence-corrected chi connectivity index (χ4v) is 4.03. The van der Waals surface area contributed by atoms with Crippen molar-refractivity contribution in [2.45, 2.75) is 45.6 Å². The molecule has 1 fully saturated rings. The molecular weight excluding hydrogens is 314 g/mol. The van der Waals surface area contributed by atoms with Crippen LogP contribution >= 0.6 is 11.3 Å². The number of aliphatic hydroxyl groups excluding tert-OH is 1. The number of aryl methyl sites for hydroxylation is 3. The van der Waals surface area contributed by atoms with Gasteiger partial charge in [-0.3, -0.25) is 9.59 Å². The molecule has 0 saturated carbocycles. The lowest BCUT2D eigenvalue weighted by Gasteiger charge is -2.30. The summed E-state index contributed by atoms with van der Waals surface area (Å²) in [6, 6.07) is 0. The summed E-state index contributed by atoms with van der Waals surface area (Å²) in [6.07, 6.45) is 1.88. The number of aromatic amines is 1. The smallest absolute Gasteiger partial charge is 0.259 e. The van der Waals surface area contributed by atoms with Crippen molar-refractivity contribution in [2.24, 2.45) is 0 Å². The predicted octanol–water partition coefficient (Wildman–Crippen LogP) is 1.52. The van der Waals surface area contributed by atoms with E-state index in [0.717, 1.165) is 28.1 Å². The minimum Gasteiger partial charge on any atom is -0.391 e. The molecule has 2 aromatic rings. The molecule has 0 bridgehead atoms. The van der Waals surface area contributed by atoms with E-state index in [1.54, 1.807) is 4.90 Å². The summed E-state index contributed by atoms with van der Waals surface area (Å²) in [5, 5.41) is 10.3. The van der Waals surface area contributed by atoms with Crippen molar-refractivity contribution < 1.29 is 9.90 Å². The number of nitrogens with one attached hydrogen (secondary N) is 1. The van der Waals surface area contributed by atoms with Crippen LogP contribution in [0.25, 0.3) is 10.2 Å². The Morgan fingerprint density at radius 2 is 2.26 bits per heavy atom. The second kappa shape index (κ2) is 6.41. The number of piperidine rings is 1. The summed E-state index contributed by atoms with van der Waals surface area (Å²) in [4.78, 5) is 35.2. The Morgan fingerprint density at radius 1 is 1.48 bits per heavy atom. The average molecular weight is 335 g/mol. The monoisotopic (exact) mass is 335 g/mol. The maximum absolute atomic E-state index is 12.2. The van der Waals surface area contributed by atoms with Crippen molar-refractivity contribution >= 4 is 27.5 Å². The van der Waals surface area contributed by atoms with E-state index in [4.69, 9.17) is 0 Å². The molecule has 1 unspecified atom stereocenters. The summed E-state index contributed by atoms with van der Waals surface area (Å²) in [5.41, 5.74) is 0.844. The number of carbonyl (C=O) groups excluding carboxylic acids is 1. The highest BCUT2D eigenvalue weighted by Gasteiger charge is 2.22. The average Bonchev–Trinajstić information content (AvgIpc) is 2.80. The van der Waals surface area contributed by atoms with Crippen LogP contribution in [-0.2, 0) is 11.2 Å². The van der Waals surface area contributed by atoms with E-state index in [-0.39, 0.29) is 11.5 Å². The molecule has 124 valence electrons. The SMILES string of the molecule is Cc1sc2nc(CCC(=O)N3CCCC(O)C3)[nH]c(=O)c2c1C. The van der Waals surface area contributed by atoms with Crippen LogP contribution < -0.4 is 5.56 Å². The van der Waals surface area contributed by atoms with Crippen LogP contribution in [0.15, 0.2) is 4.79 Å². The number of hydrogen-bond acceptors (Lipinski definition) is 5. The summed E-state index contributed by atoms with van der Waals surface area (Å²) in [7, 11) is 0. The van der Waals surface area contributed by atoms with Gasteiger partial charge in [-0.25, -0.2) is 4.98 Å². The Labute approximate surface area is 138 Å². The lowest BCUT2D eigenvalue weighted by molar-refractivity contribution is -0.134. The number of H-pyrrole nitrogens is 1. The zero-order valence-electron chi connectivity index (χ0n) is 13.4. The van der Waals surface area contributed by atoms with Crippen LogP contribution in [-0.4, -0.2) is 45.1 Å². The summed E-state index contributed by atoms with van der Waals surface area (Å²) >= 11 is 1.51. The molecule has 1 aliphatic rings. The maximum Gasteiger partial charge on any atom is 0.259 e. The van der Waals surface area contributed by atoms with Crippen LogP contribution in [0.3, 0.4) is 0 Å². The number of fused-ring (bicyclic) bond motifs is 1. The first-order valence-electron chi connectivity index (χ1n) is 7.90. The minimum atomic E-state index is -0.418. The van der Waals surface area contributed by atoms with Gasteiger partial charge in [0.1, 0.15) is 10.7 Å². The first kappa shape index (κ1) is 16.1. The van der Waals surface area contributed by atoms with Crippen LogP contribution in [0, 0.1) is 13.8 Å². The molecule has 1 amide bonds. The molecule has 3 rings (SSSR count). The van der Waals surface area contributed by atoms with E-state index in [0.29, 0.717) is 37.1 Å². The molecule has 7 heteroatoms. The molecule has 0 aromatic carbocycles. The number of thiophene rings is 1. The largest absolute Gasteiger partial charge is 0.391 e. The Bertz CT molecular complexity index is 796. The Hall–Kier alpha value is -1.73. The van der Waals surface area contributed by atoms with Crippen LogP contribution in [0.1, 0.15) is 35.5 Å². The second-order valence-electron chi connectivity index (χ2n) is 6.11. The van der Waals surface area contributed by atoms with Crippen molar-refractivity contribution in [3.63, 3.8) is 0 Å². The van der Waals surface area contributed by atoms with Gasteiger partial charge in [-0.1, -0.05) is 0 Å². The third kappa shape index (κ3) is 3.30.